The number of thiophene rings is 1. The van der Waals surface area contributed by atoms with E-state index in [-0.39, 0.29) is 12.1 Å². The maximum absolute atomic E-state index is 12.8. The molecule has 0 radical (unpaired) electrons. The summed E-state index contributed by atoms with van der Waals surface area (Å²) in [5.74, 6) is 1.19. The van der Waals surface area contributed by atoms with Gasteiger partial charge in [-0.1, -0.05) is 55.5 Å². The number of carbonyl (C=O) groups is 1. The number of benzene rings is 2. The number of aromatic nitrogens is 4. The van der Waals surface area contributed by atoms with Crippen molar-refractivity contribution >= 4 is 27.8 Å². The van der Waals surface area contributed by atoms with E-state index in [1.54, 1.807) is 22.6 Å². The molecule has 1 aliphatic rings. The Hall–Kier alpha value is -3.91. The molecule has 7 nitrogen and oxygen atoms in total. The van der Waals surface area contributed by atoms with Crippen LogP contribution in [0.3, 0.4) is 0 Å². The highest BCUT2D eigenvalue weighted by molar-refractivity contribution is 7.21. The van der Waals surface area contributed by atoms with Crippen LogP contribution in [0.15, 0.2) is 67.1 Å². The lowest BCUT2D eigenvalue weighted by Gasteiger charge is -2.27. The summed E-state index contributed by atoms with van der Waals surface area (Å²) in [6.07, 6.45) is 4.16. The van der Waals surface area contributed by atoms with Crippen molar-refractivity contribution in [2.45, 2.75) is 45.8 Å². The quantitative estimate of drug-likeness (QED) is 0.252. The van der Waals surface area contributed by atoms with Gasteiger partial charge in [-0.2, -0.15) is 0 Å². The average molecular weight is 526 g/mol. The first-order valence-corrected chi connectivity index (χ1v) is 13.7. The van der Waals surface area contributed by atoms with E-state index in [4.69, 9.17) is 4.74 Å². The first-order valence-electron chi connectivity index (χ1n) is 12.9. The van der Waals surface area contributed by atoms with E-state index in [9.17, 15) is 4.79 Å². The molecule has 2 aromatic carbocycles. The largest absolute Gasteiger partial charge is 0.444 e. The van der Waals surface area contributed by atoms with E-state index < -0.39 is 5.60 Å². The summed E-state index contributed by atoms with van der Waals surface area (Å²) in [7, 11) is 0. The molecule has 1 amide bonds. The lowest BCUT2D eigenvalue weighted by Crippen LogP contribution is -2.37. The normalized spacial score (nSPS) is 17.8. The molecule has 1 saturated heterocycles. The first-order chi connectivity index (χ1) is 18.2. The fourth-order valence-corrected chi connectivity index (χ4v) is 6.01. The predicted molar refractivity (Wildman–Crippen MR) is 152 cm³/mol. The van der Waals surface area contributed by atoms with Gasteiger partial charge in [0.15, 0.2) is 0 Å². The Morgan fingerprint density at radius 1 is 1.00 bits per heavy atom. The predicted octanol–water partition coefficient (Wildman–Crippen LogP) is 7.67. The minimum atomic E-state index is -0.527. The zero-order chi connectivity index (χ0) is 26.4. The number of fused-ring (bicyclic) bond motifs is 1. The SMILES string of the molecule is CC1CC(c2ncc(-c3ccc(-c4ccc(-c5cc6[nH]cnc6s5)cc4)cc3)[nH]2)N(C(=O)OC(C)(C)C)C1. The third-order valence-electron chi connectivity index (χ3n) is 6.86. The number of hydrogen-bond acceptors (Lipinski definition) is 5. The van der Waals surface area contributed by atoms with Crippen molar-refractivity contribution in [2.24, 2.45) is 5.92 Å². The summed E-state index contributed by atoms with van der Waals surface area (Å²) >= 11 is 1.69. The van der Waals surface area contributed by atoms with Crippen molar-refractivity contribution in [1.82, 2.24) is 24.8 Å². The Bertz CT molecular complexity index is 1540. The van der Waals surface area contributed by atoms with Crippen LogP contribution in [-0.4, -0.2) is 43.1 Å². The second-order valence-corrected chi connectivity index (χ2v) is 12.1. The molecule has 0 saturated carbocycles. The summed E-state index contributed by atoms with van der Waals surface area (Å²) in [5, 5.41) is 0. The van der Waals surface area contributed by atoms with Gasteiger partial charge in [0.1, 0.15) is 16.3 Å². The molecule has 2 unspecified atom stereocenters. The molecule has 4 heterocycles. The number of nitrogens with zero attached hydrogens (tertiary/aromatic N) is 3. The monoisotopic (exact) mass is 525 g/mol. The highest BCUT2D eigenvalue weighted by atomic mass is 32.1. The molecule has 3 aromatic heterocycles. The van der Waals surface area contributed by atoms with Crippen LogP contribution in [0.1, 0.15) is 46.0 Å². The molecule has 38 heavy (non-hydrogen) atoms. The van der Waals surface area contributed by atoms with E-state index >= 15 is 0 Å². The number of carbonyl (C=O) groups excluding carboxylic acids is 1. The Labute approximate surface area is 225 Å². The van der Waals surface area contributed by atoms with Crippen molar-refractivity contribution in [1.29, 1.82) is 0 Å². The van der Waals surface area contributed by atoms with Gasteiger partial charge in [0.25, 0.3) is 0 Å². The van der Waals surface area contributed by atoms with Crippen molar-refractivity contribution in [2.75, 3.05) is 6.54 Å². The molecule has 1 aliphatic heterocycles. The minimum absolute atomic E-state index is 0.113. The number of imidazole rings is 2. The van der Waals surface area contributed by atoms with Crippen LogP contribution in [0, 0.1) is 5.92 Å². The third-order valence-corrected chi connectivity index (χ3v) is 7.95. The number of aromatic amines is 2. The van der Waals surface area contributed by atoms with Gasteiger partial charge in [0.05, 0.1) is 29.8 Å². The summed E-state index contributed by atoms with van der Waals surface area (Å²) in [4.78, 5) is 32.5. The van der Waals surface area contributed by atoms with Crippen LogP contribution < -0.4 is 0 Å². The number of ether oxygens (including phenoxy) is 1. The fraction of sp³-hybridized carbons (Fsp3) is 0.300. The Morgan fingerprint density at radius 2 is 1.66 bits per heavy atom. The van der Waals surface area contributed by atoms with Gasteiger partial charge in [0.2, 0.25) is 0 Å². The lowest BCUT2D eigenvalue weighted by atomic mass is 10.0. The molecule has 0 bridgehead atoms. The molecule has 194 valence electrons. The molecule has 1 fully saturated rings. The second-order valence-electron chi connectivity index (χ2n) is 11.1. The standard InChI is InChI=1S/C30H31N5O2S/c1-18-13-25(35(16-18)29(36)37-30(2,3)4)27-31-15-24(34-27)21-9-5-19(6-10-21)20-7-11-22(12-8-20)26-14-23-28(38-26)33-17-32-23/h5-12,14-15,17-18,25H,13,16H2,1-4H3,(H,31,34)(H,32,33). The van der Waals surface area contributed by atoms with Gasteiger partial charge in [0, 0.05) is 11.4 Å². The molecule has 0 spiro atoms. The highest BCUT2D eigenvalue weighted by Crippen LogP contribution is 2.36. The molecule has 5 aromatic rings. The van der Waals surface area contributed by atoms with Crippen LogP contribution in [0.4, 0.5) is 4.79 Å². The van der Waals surface area contributed by atoms with Gasteiger partial charge in [-0.15, -0.1) is 11.3 Å². The molecular formula is C30H31N5O2S. The van der Waals surface area contributed by atoms with Gasteiger partial charge < -0.3 is 14.7 Å². The van der Waals surface area contributed by atoms with E-state index in [2.05, 4.69) is 81.5 Å². The Kier molecular flexibility index (Phi) is 6.07. The molecular weight excluding hydrogens is 494 g/mol. The van der Waals surface area contributed by atoms with Gasteiger partial charge >= 0.3 is 6.09 Å². The maximum atomic E-state index is 12.8. The number of hydrogen-bond donors (Lipinski definition) is 2. The summed E-state index contributed by atoms with van der Waals surface area (Å²) in [6, 6.07) is 19.2. The van der Waals surface area contributed by atoms with Crippen LogP contribution in [-0.2, 0) is 4.74 Å². The van der Waals surface area contributed by atoms with Crippen molar-refractivity contribution in [3.63, 3.8) is 0 Å². The van der Waals surface area contributed by atoms with Gasteiger partial charge in [-0.25, -0.2) is 14.8 Å². The van der Waals surface area contributed by atoms with Crippen molar-refractivity contribution in [3.05, 3.63) is 72.9 Å². The number of amides is 1. The van der Waals surface area contributed by atoms with Crippen LogP contribution >= 0.6 is 11.3 Å². The van der Waals surface area contributed by atoms with E-state index in [0.717, 1.165) is 39.4 Å². The summed E-state index contributed by atoms with van der Waals surface area (Å²) < 4.78 is 5.65. The van der Waals surface area contributed by atoms with E-state index in [1.807, 2.05) is 27.0 Å². The fourth-order valence-electron chi connectivity index (χ4n) is 5.03. The molecule has 6 rings (SSSR count). The number of rotatable bonds is 4. The second kappa shape index (κ2) is 9.44. The topological polar surface area (TPSA) is 86.9 Å². The number of likely N-dealkylation sites (tertiary alicyclic amines) is 1. The zero-order valence-corrected chi connectivity index (χ0v) is 22.8. The number of H-pyrrole nitrogens is 2. The van der Waals surface area contributed by atoms with E-state index in [0.29, 0.717) is 12.5 Å². The maximum Gasteiger partial charge on any atom is 0.410 e. The average Bonchev–Trinajstić information content (AvgIpc) is 3.66. The van der Waals surface area contributed by atoms with Crippen molar-refractivity contribution in [3.8, 4) is 32.8 Å². The van der Waals surface area contributed by atoms with Crippen molar-refractivity contribution < 1.29 is 9.53 Å². The summed E-state index contributed by atoms with van der Waals surface area (Å²) in [6.45, 7) is 8.51. The number of nitrogens with one attached hydrogen (secondary N) is 2. The Morgan fingerprint density at radius 3 is 2.32 bits per heavy atom. The zero-order valence-electron chi connectivity index (χ0n) is 22.0. The van der Waals surface area contributed by atoms with Crippen LogP contribution in [0.2, 0.25) is 0 Å². The van der Waals surface area contributed by atoms with Crippen LogP contribution in [0.25, 0.3) is 43.2 Å². The molecule has 8 heteroatoms. The summed E-state index contributed by atoms with van der Waals surface area (Å²) in [5.41, 5.74) is 6.05. The first kappa shape index (κ1) is 24.4. The Balaban J connectivity index is 1.17. The third kappa shape index (κ3) is 4.84. The van der Waals surface area contributed by atoms with Gasteiger partial charge in [-0.3, -0.25) is 4.90 Å². The van der Waals surface area contributed by atoms with Crippen LogP contribution in [0.5, 0.6) is 0 Å². The van der Waals surface area contributed by atoms with Gasteiger partial charge in [-0.05, 0) is 61.4 Å². The molecule has 2 N–H and O–H groups in total. The van der Waals surface area contributed by atoms with E-state index in [1.165, 1.54) is 16.0 Å². The smallest absolute Gasteiger partial charge is 0.410 e. The highest BCUT2D eigenvalue weighted by Gasteiger charge is 2.38. The minimum Gasteiger partial charge on any atom is -0.444 e. The molecule has 2 atom stereocenters. The lowest BCUT2D eigenvalue weighted by molar-refractivity contribution is 0.0214. The molecule has 0 aliphatic carbocycles.